The predicted octanol–water partition coefficient (Wildman–Crippen LogP) is 4.14. The maximum Gasteiger partial charge on any atom is 0.255 e. The van der Waals surface area contributed by atoms with Gasteiger partial charge in [0, 0.05) is 26.2 Å². The van der Waals surface area contributed by atoms with Crippen molar-refractivity contribution in [2.45, 2.75) is 13.0 Å². The van der Waals surface area contributed by atoms with E-state index in [0.29, 0.717) is 31.7 Å². The molecule has 1 unspecified atom stereocenters. The molecule has 1 aromatic carbocycles. The summed E-state index contributed by atoms with van der Waals surface area (Å²) in [6.45, 7) is 4.46. The van der Waals surface area contributed by atoms with Crippen molar-refractivity contribution >= 4 is 17.2 Å². The standard InChI is InChI=1S/C23H22N4OS/c1-17-19(9-10-20(25-17)22-8-5-15-29-22)23(28)27-13-11-26(12-14-27)21(16-24)18-6-3-2-4-7-18/h2-10,15,21H,11-14H2,1H3. The number of carbonyl (C=O) groups is 1. The van der Waals surface area contributed by atoms with Gasteiger partial charge in [-0.2, -0.15) is 5.26 Å². The second-order valence-electron chi connectivity index (χ2n) is 7.08. The van der Waals surface area contributed by atoms with Crippen molar-refractivity contribution in [3.8, 4) is 16.6 Å². The fourth-order valence-corrected chi connectivity index (χ4v) is 4.40. The Hall–Kier alpha value is -3.01. The Labute approximate surface area is 174 Å². The minimum Gasteiger partial charge on any atom is -0.336 e. The minimum absolute atomic E-state index is 0.0144. The molecule has 0 spiro atoms. The summed E-state index contributed by atoms with van der Waals surface area (Å²) in [6, 6.07) is 19.8. The van der Waals surface area contributed by atoms with Gasteiger partial charge < -0.3 is 4.90 Å². The van der Waals surface area contributed by atoms with Gasteiger partial charge in [-0.25, -0.2) is 0 Å². The van der Waals surface area contributed by atoms with Crippen molar-refractivity contribution in [3.05, 3.63) is 76.8 Å². The first-order valence-electron chi connectivity index (χ1n) is 9.67. The summed E-state index contributed by atoms with van der Waals surface area (Å²) >= 11 is 1.64. The number of carbonyl (C=O) groups excluding carboxylic acids is 1. The number of hydrogen-bond acceptors (Lipinski definition) is 5. The zero-order valence-electron chi connectivity index (χ0n) is 16.3. The quantitative estimate of drug-likeness (QED) is 0.658. The highest BCUT2D eigenvalue weighted by Crippen LogP contribution is 2.25. The zero-order chi connectivity index (χ0) is 20.2. The van der Waals surface area contributed by atoms with Crippen molar-refractivity contribution in [2.24, 2.45) is 0 Å². The maximum absolute atomic E-state index is 13.0. The molecule has 0 bridgehead atoms. The summed E-state index contributed by atoms with van der Waals surface area (Å²) in [5.74, 6) is 0.0144. The lowest BCUT2D eigenvalue weighted by molar-refractivity contribution is 0.0605. The number of hydrogen-bond donors (Lipinski definition) is 0. The molecular formula is C23H22N4OS. The maximum atomic E-state index is 13.0. The molecule has 0 saturated carbocycles. The molecule has 2 aromatic heterocycles. The van der Waals surface area contributed by atoms with Crippen molar-refractivity contribution in [2.75, 3.05) is 26.2 Å². The van der Waals surface area contributed by atoms with E-state index in [1.807, 2.05) is 71.8 Å². The highest BCUT2D eigenvalue weighted by molar-refractivity contribution is 7.13. The molecule has 146 valence electrons. The van der Waals surface area contributed by atoms with Crippen LogP contribution in [-0.2, 0) is 0 Å². The average Bonchev–Trinajstić information content (AvgIpc) is 3.30. The van der Waals surface area contributed by atoms with Gasteiger partial charge in [-0.3, -0.25) is 14.7 Å². The van der Waals surface area contributed by atoms with E-state index in [-0.39, 0.29) is 11.9 Å². The second kappa shape index (κ2) is 8.56. The summed E-state index contributed by atoms with van der Waals surface area (Å²) in [7, 11) is 0. The van der Waals surface area contributed by atoms with Crippen LogP contribution in [0.15, 0.2) is 60.0 Å². The second-order valence-corrected chi connectivity index (χ2v) is 8.02. The number of thiophene rings is 1. The molecule has 1 aliphatic rings. The van der Waals surface area contributed by atoms with Gasteiger partial charge in [-0.15, -0.1) is 11.3 Å². The lowest BCUT2D eigenvalue weighted by Crippen LogP contribution is -2.49. The number of nitrogens with zero attached hydrogens (tertiary/aromatic N) is 4. The van der Waals surface area contributed by atoms with E-state index in [2.05, 4.69) is 16.0 Å². The Morgan fingerprint density at radius 1 is 1.07 bits per heavy atom. The molecule has 0 aliphatic carbocycles. The Kier molecular flexibility index (Phi) is 5.70. The van der Waals surface area contributed by atoms with Crippen LogP contribution < -0.4 is 0 Å². The summed E-state index contributed by atoms with van der Waals surface area (Å²) in [5, 5.41) is 11.7. The fourth-order valence-electron chi connectivity index (χ4n) is 3.70. The lowest BCUT2D eigenvalue weighted by Gasteiger charge is -2.37. The van der Waals surface area contributed by atoms with Gasteiger partial charge in [0.25, 0.3) is 5.91 Å². The number of rotatable bonds is 4. The summed E-state index contributed by atoms with van der Waals surface area (Å²) < 4.78 is 0. The molecule has 29 heavy (non-hydrogen) atoms. The SMILES string of the molecule is Cc1nc(-c2cccs2)ccc1C(=O)N1CCN(C(C#N)c2ccccc2)CC1. The molecule has 1 atom stereocenters. The first-order chi connectivity index (χ1) is 14.2. The fraction of sp³-hybridized carbons (Fsp3) is 0.261. The summed E-state index contributed by atoms with van der Waals surface area (Å²) in [4.78, 5) is 22.8. The van der Waals surface area contributed by atoms with Crippen LogP contribution in [0.4, 0.5) is 0 Å². The average molecular weight is 403 g/mol. The van der Waals surface area contributed by atoms with Gasteiger partial charge in [0.2, 0.25) is 0 Å². The Balaban J connectivity index is 1.43. The predicted molar refractivity (Wildman–Crippen MR) is 115 cm³/mol. The largest absolute Gasteiger partial charge is 0.336 e. The van der Waals surface area contributed by atoms with Gasteiger partial charge in [0.05, 0.1) is 27.9 Å². The smallest absolute Gasteiger partial charge is 0.255 e. The topological polar surface area (TPSA) is 60.2 Å². The van der Waals surface area contributed by atoms with E-state index >= 15 is 0 Å². The molecule has 1 aliphatic heterocycles. The number of pyridine rings is 1. The third-order valence-electron chi connectivity index (χ3n) is 5.29. The lowest BCUT2D eigenvalue weighted by atomic mass is 10.1. The van der Waals surface area contributed by atoms with E-state index in [4.69, 9.17) is 0 Å². The molecule has 0 radical (unpaired) electrons. The van der Waals surface area contributed by atoms with E-state index in [1.165, 1.54) is 0 Å². The van der Waals surface area contributed by atoms with Gasteiger partial charge in [0.1, 0.15) is 6.04 Å². The monoisotopic (exact) mass is 402 g/mol. The molecule has 4 rings (SSSR count). The first kappa shape index (κ1) is 19.3. The van der Waals surface area contributed by atoms with E-state index in [0.717, 1.165) is 21.8 Å². The van der Waals surface area contributed by atoms with Crippen molar-refractivity contribution in [1.82, 2.24) is 14.8 Å². The highest BCUT2D eigenvalue weighted by atomic mass is 32.1. The van der Waals surface area contributed by atoms with Crippen LogP contribution in [0.1, 0.15) is 27.7 Å². The van der Waals surface area contributed by atoms with Crippen LogP contribution >= 0.6 is 11.3 Å². The zero-order valence-corrected chi connectivity index (χ0v) is 17.1. The van der Waals surface area contributed by atoms with Crippen LogP contribution in [0.25, 0.3) is 10.6 Å². The number of aryl methyl sites for hydroxylation is 1. The Morgan fingerprint density at radius 2 is 1.83 bits per heavy atom. The number of nitriles is 1. The molecule has 3 aromatic rings. The van der Waals surface area contributed by atoms with Crippen LogP contribution in [0.5, 0.6) is 0 Å². The minimum atomic E-state index is -0.276. The van der Waals surface area contributed by atoms with Gasteiger partial charge in [-0.1, -0.05) is 36.4 Å². The number of benzene rings is 1. The molecule has 0 N–H and O–H groups in total. The van der Waals surface area contributed by atoms with Crippen molar-refractivity contribution in [1.29, 1.82) is 5.26 Å². The van der Waals surface area contributed by atoms with Gasteiger partial charge in [0.15, 0.2) is 0 Å². The molecule has 1 saturated heterocycles. The molecule has 1 fully saturated rings. The third kappa shape index (κ3) is 4.07. The summed E-state index contributed by atoms with van der Waals surface area (Å²) in [5.41, 5.74) is 3.30. The molecule has 3 heterocycles. The van der Waals surface area contributed by atoms with Crippen molar-refractivity contribution < 1.29 is 4.79 Å². The van der Waals surface area contributed by atoms with Crippen LogP contribution in [0, 0.1) is 18.3 Å². The summed E-state index contributed by atoms with van der Waals surface area (Å²) in [6.07, 6.45) is 0. The van der Waals surface area contributed by atoms with Crippen LogP contribution in [-0.4, -0.2) is 46.9 Å². The normalized spacial score (nSPS) is 15.7. The molecule has 6 heteroatoms. The Bertz CT molecular complexity index is 1020. The van der Waals surface area contributed by atoms with Gasteiger partial charge >= 0.3 is 0 Å². The highest BCUT2D eigenvalue weighted by Gasteiger charge is 2.28. The number of aromatic nitrogens is 1. The first-order valence-corrected chi connectivity index (χ1v) is 10.5. The Morgan fingerprint density at radius 3 is 2.45 bits per heavy atom. The number of amides is 1. The number of piperazine rings is 1. The van der Waals surface area contributed by atoms with Crippen molar-refractivity contribution in [3.63, 3.8) is 0 Å². The molecular weight excluding hydrogens is 380 g/mol. The van der Waals surface area contributed by atoms with E-state index < -0.39 is 0 Å². The van der Waals surface area contributed by atoms with E-state index in [9.17, 15) is 10.1 Å². The van der Waals surface area contributed by atoms with Gasteiger partial charge in [-0.05, 0) is 36.1 Å². The van der Waals surface area contributed by atoms with Crippen LogP contribution in [0.2, 0.25) is 0 Å². The van der Waals surface area contributed by atoms with Crippen LogP contribution in [0.3, 0.4) is 0 Å². The third-order valence-corrected chi connectivity index (χ3v) is 6.19. The molecule has 1 amide bonds. The molecule has 5 nitrogen and oxygen atoms in total. The van der Waals surface area contributed by atoms with E-state index in [1.54, 1.807) is 11.3 Å².